The van der Waals surface area contributed by atoms with Crippen LogP contribution in [-0.4, -0.2) is 27.1 Å². The van der Waals surface area contributed by atoms with Gasteiger partial charge >= 0.3 is 0 Å². The van der Waals surface area contributed by atoms with E-state index in [9.17, 15) is 0 Å². The zero-order valence-electron chi connectivity index (χ0n) is 11.8. The summed E-state index contributed by atoms with van der Waals surface area (Å²) in [6.45, 7) is 1.72. The van der Waals surface area contributed by atoms with Gasteiger partial charge in [0.1, 0.15) is 11.6 Å². The molecule has 4 nitrogen and oxygen atoms in total. The highest BCUT2D eigenvalue weighted by Gasteiger charge is 2.14. The first kappa shape index (κ1) is 14.9. The van der Waals surface area contributed by atoms with Gasteiger partial charge in [0.2, 0.25) is 0 Å². The highest BCUT2D eigenvalue weighted by atomic mass is 79.9. The van der Waals surface area contributed by atoms with Gasteiger partial charge in [0.25, 0.3) is 0 Å². The van der Waals surface area contributed by atoms with Crippen LogP contribution in [0.2, 0.25) is 0 Å². The maximum absolute atomic E-state index is 5.75. The van der Waals surface area contributed by atoms with Crippen LogP contribution in [0.25, 0.3) is 0 Å². The van der Waals surface area contributed by atoms with E-state index < -0.39 is 0 Å². The Morgan fingerprint density at radius 1 is 1.24 bits per heavy atom. The molecule has 21 heavy (non-hydrogen) atoms. The average Bonchev–Trinajstić information content (AvgIpc) is 2.71. The third kappa shape index (κ3) is 4.01. The minimum absolute atomic E-state index is 0.670. The first-order chi connectivity index (χ1) is 10.3. The first-order valence-corrected chi connectivity index (χ1v) is 9.04. The molecule has 0 saturated heterocycles. The summed E-state index contributed by atoms with van der Waals surface area (Å²) in [5, 5.41) is 9.65. The molecule has 0 saturated carbocycles. The molecule has 0 N–H and O–H groups in total. The molecular formula is C15H18BrN3OS. The van der Waals surface area contributed by atoms with E-state index in [1.165, 1.54) is 19.3 Å². The van der Waals surface area contributed by atoms with Crippen LogP contribution in [-0.2, 0) is 13.0 Å². The first-order valence-electron chi connectivity index (χ1n) is 7.26. The van der Waals surface area contributed by atoms with E-state index >= 15 is 0 Å². The second kappa shape index (κ2) is 7.31. The van der Waals surface area contributed by atoms with Gasteiger partial charge in [-0.15, -0.1) is 10.2 Å². The molecule has 0 unspecified atom stereocenters. The van der Waals surface area contributed by atoms with Crippen molar-refractivity contribution >= 4 is 27.7 Å². The van der Waals surface area contributed by atoms with E-state index in [4.69, 9.17) is 4.74 Å². The van der Waals surface area contributed by atoms with E-state index in [1.807, 2.05) is 24.3 Å². The topological polar surface area (TPSA) is 39.9 Å². The maximum atomic E-state index is 5.75. The predicted molar refractivity (Wildman–Crippen MR) is 87.9 cm³/mol. The van der Waals surface area contributed by atoms with Gasteiger partial charge in [0.05, 0.1) is 6.61 Å². The summed E-state index contributed by atoms with van der Waals surface area (Å²) in [5.41, 5.74) is 0. The highest BCUT2D eigenvalue weighted by molar-refractivity contribution is 9.10. The molecule has 0 atom stereocenters. The molecule has 0 radical (unpaired) electrons. The molecule has 0 spiro atoms. The lowest BCUT2D eigenvalue weighted by atomic mass is 10.2. The van der Waals surface area contributed by atoms with Crippen molar-refractivity contribution in [3.05, 3.63) is 34.6 Å². The van der Waals surface area contributed by atoms with Gasteiger partial charge in [-0.2, -0.15) is 0 Å². The van der Waals surface area contributed by atoms with Gasteiger partial charge in [0.15, 0.2) is 5.16 Å². The van der Waals surface area contributed by atoms with Crippen molar-refractivity contribution < 1.29 is 4.74 Å². The Hall–Kier alpha value is -1.01. The molecule has 1 aromatic heterocycles. The molecular weight excluding hydrogens is 350 g/mol. The summed E-state index contributed by atoms with van der Waals surface area (Å²) < 4.78 is 9.06. The standard InChI is InChI=1S/C15H18BrN3OS/c16-12-5-4-6-13(11-12)20-9-10-21-15-18-17-14-7-2-1-3-8-19(14)15/h4-6,11H,1-3,7-10H2. The van der Waals surface area contributed by atoms with Gasteiger partial charge < -0.3 is 9.30 Å². The summed E-state index contributed by atoms with van der Waals surface area (Å²) >= 11 is 5.17. The average molecular weight is 368 g/mol. The van der Waals surface area contributed by atoms with E-state index in [-0.39, 0.29) is 0 Å². The molecule has 2 aromatic rings. The largest absolute Gasteiger partial charge is 0.493 e. The van der Waals surface area contributed by atoms with E-state index in [1.54, 1.807) is 11.8 Å². The zero-order valence-corrected chi connectivity index (χ0v) is 14.2. The Bertz CT molecular complexity index is 602. The second-order valence-corrected chi connectivity index (χ2v) is 6.99. The van der Waals surface area contributed by atoms with Crippen LogP contribution >= 0.6 is 27.7 Å². The second-order valence-electron chi connectivity index (χ2n) is 5.02. The van der Waals surface area contributed by atoms with Gasteiger partial charge in [-0.3, -0.25) is 0 Å². The predicted octanol–water partition coefficient (Wildman–Crippen LogP) is 3.94. The number of aryl methyl sites for hydroxylation is 1. The molecule has 0 amide bonds. The van der Waals surface area contributed by atoms with Crippen LogP contribution in [0.5, 0.6) is 5.75 Å². The summed E-state index contributed by atoms with van der Waals surface area (Å²) in [5.74, 6) is 2.91. The Kier molecular flexibility index (Phi) is 5.19. The molecule has 1 aliphatic heterocycles. The zero-order chi connectivity index (χ0) is 14.5. The Labute approximate surface area is 137 Å². The number of benzene rings is 1. The third-order valence-corrected chi connectivity index (χ3v) is 4.88. The lowest BCUT2D eigenvalue weighted by molar-refractivity contribution is 0.343. The summed E-state index contributed by atoms with van der Waals surface area (Å²) in [7, 11) is 0. The lowest BCUT2D eigenvalue weighted by Crippen LogP contribution is -2.05. The molecule has 1 aliphatic rings. The monoisotopic (exact) mass is 367 g/mol. The SMILES string of the molecule is Brc1cccc(OCCSc2nnc3n2CCCCC3)c1. The molecule has 0 bridgehead atoms. The fraction of sp³-hybridized carbons (Fsp3) is 0.467. The molecule has 0 aliphatic carbocycles. The van der Waals surface area contributed by atoms with Crippen molar-refractivity contribution in [2.75, 3.05) is 12.4 Å². The number of hydrogen-bond donors (Lipinski definition) is 0. The van der Waals surface area contributed by atoms with Crippen LogP contribution in [0.3, 0.4) is 0 Å². The van der Waals surface area contributed by atoms with Crippen LogP contribution in [0.4, 0.5) is 0 Å². The number of ether oxygens (including phenoxy) is 1. The normalized spacial score (nSPS) is 14.5. The van der Waals surface area contributed by atoms with Gasteiger partial charge in [-0.05, 0) is 31.0 Å². The molecule has 0 fully saturated rings. The molecule has 3 rings (SSSR count). The van der Waals surface area contributed by atoms with Crippen LogP contribution < -0.4 is 4.74 Å². The quantitative estimate of drug-likeness (QED) is 0.592. The van der Waals surface area contributed by atoms with Gasteiger partial charge in [-0.25, -0.2) is 0 Å². The number of fused-ring (bicyclic) bond motifs is 1. The molecule has 6 heteroatoms. The summed E-state index contributed by atoms with van der Waals surface area (Å²) in [4.78, 5) is 0. The van der Waals surface area contributed by atoms with Crippen LogP contribution in [0.1, 0.15) is 25.1 Å². The minimum atomic E-state index is 0.670. The number of rotatable bonds is 5. The molecule has 2 heterocycles. The van der Waals surface area contributed by atoms with Crippen molar-refractivity contribution in [1.82, 2.24) is 14.8 Å². The van der Waals surface area contributed by atoms with E-state index in [0.29, 0.717) is 6.61 Å². The minimum Gasteiger partial charge on any atom is -0.493 e. The Morgan fingerprint density at radius 2 is 2.19 bits per heavy atom. The number of halogens is 1. The molecule has 1 aromatic carbocycles. The number of hydrogen-bond acceptors (Lipinski definition) is 4. The van der Waals surface area contributed by atoms with Gasteiger partial charge in [0, 0.05) is 23.2 Å². The highest BCUT2D eigenvalue weighted by Crippen LogP contribution is 2.22. The van der Waals surface area contributed by atoms with Gasteiger partial charge in [-0.1, -0.05) is 40.2 Å². The van der Waals surface area contributed by atoms with Crippen molar-refractivity contribution in [2.24, 2.45) is 0 Å². The fourth-order valence-electron chi connectivity index (χ4n) is 2.41. The lowest BCUT2D eigenvalue weighted by Gasteiger charge is -2.08. The Morgan fingerprint density at radius 3 is 3.10 bits per heavy atom. The van der Waals surface area contributed by atoms with Crippen LogP contribution in [0.15, 0.2) is 33.9 Å². The number of thioether (sulfide) groups is 1. The smallest absolute Gasteiger partial charge is 0.191 e. The summed E-state index contributed by atoms with van der Waals surface area (Å²) in [6.07, 6.45) is 4.81. The maximum Gasteiger partial charge on any atom is 0.191 e. The number of aromatic nitrogens is 3. The van der Waals surface area contributed by atoms with Crippen molar-refractivity contribution in [3.63, 3.8) is 0 Å². The van der Waals surface area contributed by atoms with Crippen molar-refractivity contribution in [3.8, 4) is 5.75 Å². The van der Waals surface area contributed by atoms with Crippen molar-refractivity contribution in [2.45, 2.75) is 37.4 Å². The third-order valence-electron chi connectivity index (χ3n) is 3.45. The fourth-order valence-corrected chi connectivity index (χ4v) is 3.59. The summed E-state index contributed by atoms with van der Waals surface area (Å²) in [6, 6.07) is 7.92. The van der Waals surface area contributed by atoms with E-state index in [2.05, 4.69) is 30.7 Å². The molecule has 112 valence electrons. The Balaban J connectivity index is 1.51. The van der Waals surface area contributed by atoms with Crippen molar-refractivity contribution in [1.29, 1.82) is 0 Å². The number of nitrogens with zero attached hydrogens (tertiary/aromatic N) is 3. The van der Waals surface area contributed by atoms with Crippen LogP contribution in [0, 0.1) is 0 Å². The van der Waals surface area contributed by atoms with E-state index in [0.717, 1.165) is 39.9 Å².